The van der Waals surface area contributed by atoms with E-state index in [9.17, 15) is 4.79 Å². The first kappa shape index (κ1) is 14.1. The van der Waals surface area contributed by atoms with E-state index in [0.717, 1.165) is 18.8 Å². The molecule has 3 rings (SSSR count). The zero-order valence-corrected chi connectivity index (χ0v) is 12.0. The summed E-state index contributed by atoms with van der Waals surface area (Å²) in [4.78, 5) is 23.2. The van der Waals surface area contributed by atoms with Gasteiger partial charge in [-0.15, -0.1) is 0 Å². The molecule has 2 heterocycles. The lowest BCUT2D eigenvalue weighted by molar-refractivity contribution is 0.891. The standard InChI is InChI=1S/C16H17N5O/c22-15-12-6-1-2-7-13(12)20-16(21-15)19-11-5-10-18-14-8-3-4-9-17-14/h1-4,6-9H,5,10-11H2,(H,17,18)(H2,19,20,21,22). The topological polar surface area (TPSA) is 82.7 Å². The molecule has 6 heteroatoms. The van der Waals surface area contributed by atoms with Crippen LogP contribution in [0.1, 0.15) is 6.42 Å². The van der Waals surface area contributed by atoms with Crippen LogP contribution in [0.2, 0.25) is 0 Å². The maximum Gasteiger partial charge on any atom is 0.260 e. The van der Waals surface area contributed by atoms with Crippen LogP contribution in [0.5, 0.6) is 0 Å². The van der Waals surface area contributed by atoms with Gasteiger partial charge in [0.15, 0.2) is 0 Å². The summed E-state index contributed by atoms with van der Waals surface area (Å²) in [6, 6.07) is 13.0. The quantitative estimate of drug-likeness (QED) is 0.607. The van der Waals surface area contributed by atoms with Gasteiger partial charge in [-0.05, 0) is 30.7 Å². The average molecular weight is 295 g/mol. The summed E-state index contributed by atoms with van der Waals surface area (Å²) in [5, 5.41) is 6.97. The van der Waals surface area contributed by atoms with Gasteiger partial charge in [0, 0.05) is 19.3 Å². The van der Waals surface area contributed by atoms with Crippen molar-refractivity contribution in [2.75, 3.05) is 23.7 Å². The normalized spacial score (nSPS) is 10.5. The van der Waals surface area contributed by atoms with E-state index in [2.05, 4.69) is 25.6 Å². The molecular formula is C16H17N5O. The Kier molecular flexibility index (Phi) is 4.29. The van der Waals surface area contributed by atoms with E-state index >= 15 is 0 Å². The second-order valence-electron chi connectivity index (χ2n) is 4.85. The largest absolute Gasteiger partial charge is 0.370 e. The molecule has 0 radical (unpaired) electrons. The fraction of sp³-hybridized carbons (Fsp3) is 0.188. The Balaban J connectivity index is 1.53. The van der Waals surface area contributed by atoms with Crippen molar-refractivity contribution in [3.8, 4) is 0 Å². The number of pyridine rings is 1. The number of anilines is 2. The van der Waals surface area contributed by atoms with Crippen molar-refractivity contribution in [1.29, 1.82) is 0 Å². The van der Waals surface area contributed by atoms with Crippen molar-refractivity contribution < 1.29 is 0 Å². The van der Waals surface area contributed by atoms with Crippen LogP contribution in [-0.4, -0.2) is 28.0 Å². The highest BCUT2D eigenvalue weighted by Crippen LogP contribution is 2.07. The number of fused-ring (bicyclic) bond motifs is 1. The van der Waals surface area contributed by atoms with Crippen LogP contribution >= 0.6 is 0 Å². The van der Waals surface area contributed by atoms with Gasteiger partial charge in [0.25, 0.3) is 5.56 Å². The molecule has 0 atom stereocenters. The summed E-state index contributed by atoms with van der Waals surface area (Å²) in [6.07, 6.45) is 2.64. The zero-order chi connectivity index (χ0) is 15.2. The zero-order valence-electron chi connectivity index (χ0n) is 12.0. The Bertz CT molecular complexity index is 800. The SMILES string of the molecule is O=c1[nH]c(NCCCNc2ccccn2)nc2ccccc12. The third-order valence-corrected chi connectivity index (χ3v) is 3.23. The second kappa shape index (κ2) is 6.71. The van der Waals surface area contributed by atoms with Crippen molar-refractivity contribution in [3.05, 3.63) is 59.0 Å². The van der Waals surface area contributed by atoms with Crippen molar-refractivity contribution in [2.45, 2.75) is 6.42 Å². The highest BCUT2D eigenvalue weighted by molar-refractivity contribution is 5.78. The minimum absolute atomic E-state index is 0.125. The van der Waals surface area contributed by atoms with Gasteiger partial charge in [0.2, 0.25) is 5.95 Å². The van der Waals surface area contributed by atoms with Crippen LogP contribution in [-0.2, 0) is 0 Å². The van der Waals surface area contributed by atoms with Crippen molar-refractivity contribution in [3.63, 3.8) is 0 Å². The van der Waals surface area contributed by atoms with E-state index in [1.807, 2.05) is 36.4 Å². The maximum absolute atomic E-state index is 11.9. The predicted octanol–water partition coefficient (Wildman–Crippen LogP) is 2.23. The first-order valence-electron chi connectivity index (χ1n) is 7.21. The summed E-state index contributed by atoms with van der Waals surface area (Å²) >= 11 is 0. The van der Waals surface area contributed by atoms with Crippen molar-refractivity contribution >= 4 is 22.7 Å². The molecule has 3 N–H and O–H groups in total. The monoisotopic (exact) mass is 295 g/mol. The molecule has 2 aromatic heterocycles. The van der Waals surface area contributed by atoms with E-state index in [1.165, 1.54) is 0 Å². The predicted molar refractivity (Wildman–Crippen MR) is 88.2 cm³/mol. The molecule has 0 aliphatic heterocycles. The molecular weight excluding hydrogens is 278 g/mol. The maximum atomic E-state index is 11.9. The van der Waals surface area contributed by atoms with E-state index in [0.29, 0.717) is 23.4 Å². The van der Waals surface area contributed by atoms with Crippen LogP contribution in [0.15, 0.2) is 53.5 Å². The fourth-order valence-electron chi connectivity index (χ4n) is 2.15. The first-order chi connectivity index (χ1) is 10.8. The Morgan fingerprint density at radius 3 is 2.68 bits per heavy atom. The lowest BCUT2D eigenvalue weighted by Crippen LogP contribution is -2.15. The third-order valence-electron chi connectivity index (χ3n) is 3.23. The highest BCUT2D eigenvalue weighted by atomic mass is 16.1. The molecule has 1 aromatic carbocycles. The van der Waals surface area contributed by atoms with Crippen molar-refractivity contribution in [2.24, 2.45) is 0 Å². The number of rotatable bonds is 6. The Morgan fingerprint density at radius 1 is 1.00 bits per heavy atom. The summed E-state index contributed by atoms with van der Waals surface area (Å²) < 4.78 is 0. The molecule has 0 fully saturated rings. The smallest absolute Gasteiger partial charge is 0.260 e. The molecule has 0 spiro atoms. The Labute approximate surface area is 127 Å². The number of hydrogen-bond donors (Lipinski definition) is 3. The summed E-state index contributed by atoms with van der Waals surface area (Å²) in [5.41, 5.74) is 0.570. The van der Waals surface area contributed by atoms with E-state index in [1.54, 1.807) is 12.3 Å². The minimum atomic E-state index is -0.125. The lowest BCUT2D eigenvalue weighted by Gasteiger charge is -2.07. The van der Waals surface area contributed by atoms with E-state index in [-0.39, 0.29) is 5.56 Å². The third kappa shape index (κ3) is 3.41. The van der Waals surface area contributed by atoms with Gasteiger partial charge in [-0.25, -0.2) is 9.97 Å². The highest BCUT2D eigenvalue weighted by Gasteiger charge is 2.02. The molecule has 0 bridgehead atoms. The molecule has 0 aliphatic rings. The average Bonchev–Trinajstić information content (AvgIpc) is 2.56. The summed E-state index contributed by atoms with van der Waals surface area (Å²) in [6.45, 7) is 1.50. The Morgan fingerprint density at radius 2 is 1.82 bits per heavy atom. The first-order valence-corrected chi connectivity index (χ1v) is 7.21. The van der Waals surface area contributed by atoms with Crippen molar-refractivity contribution in [1.82, 2.24) is 15.0 Å². The number of hydrogen-bond acceptors (Lipinski definition) is 5. The summed E-state index contributed by atoms with van der Waals surface area (Å²) in [5.74, 6) is 1.36. The minimum Gasteiger partial charge on any atom is -0.370 e. The molecule has 112 valence electrons. The molecule has 0 amide bonds. The van der Waals surface area contributed by atoms with Gasteiger partial charge in [-0.1, -0.05) is 18.2 Å². The number of nitrogens with one attached hydrogen (secondary N) is 3. The lowest BCUT2D eigenvalue weighted by atomic mass is 10.2. The summed E-state index contributed by atoms with van der Waals surface area (Å²) in [7, 11) is 0. The molecule has 0 unspecified atom stereocenters. The van der Waals surface area contributed by atoms with Crippen LogP contribution in [0.25, 0.3) is 10.9 Å². The van der Waals surface area contributed by atoms with Crippen LogP contribution in [0.4, 0.5) is 11.8 Å². The molecule has 22 heavy (non-hydrogen) atoms. The molecule has 0 aliphatic carbocycles. The van der Waals surface area contributed by atoms with E-state index < -0.39 is 0 Å². The van der Waals surface area contributed by atoms with Gasteiger partial charge in [-0.3, -0.25) is 9.78 Å². The molecule has 6 nitrogen and oxygen atoms in total. The fourth-order valence-corrected chi connectivity index (χ4v) is 2.15. The van der Waals surface area contributed by atoms with Gasteiger partial charge in [0.1, 0.15) is 5.82 Å². The number of benzene rings is 1. The number of aromatic nitrogens is 3. The number of nitrogens with zero attached hydrogens (tertiary/aromatic N) is 2. The Hall–Kier alpha value is -2.89. The van der Waals surface area contributed by atoms with Crippen LogP contribution < -0.4 is 16.2 Å². The second-order valence-corrected chi connectivity index (χ2v) is 4.85. The van der Waals surface area contributed by atoms with Gasteiger partial charge in [-0.2, -0.15) is 0 Å². The molecule has 3 aromatic rings. The van der Waals surface area contributed by atoms with Gasteiger partial charge in [0.05, 0.1) is 10.9 Å². The van der Waals surface area contributed by atoms with Gasteiger partial charge >= 0.3 is 0 Å². The van der Waals surface area contributed by atoms with Crippen LogP contribution in [0.3, 0.4) is 0 Å². The van der Waals surface area contributed by atoms with Gasteiger partial charge < -0.3 is 10.6 Å². The number of aromatic amines is 1. The number of para-hydroxylation sites is 1. The molecule has 0 saturated heterocycles. The van der Waals surface area contributed by atoms with E-state index in [4.69, 9.17) is 0 Å². The molecule has 0 saturated carbocycles. The van der Waals surface area contributed by atoms with Crippen LogP contribution in [0, 0.1) is 0 Å². The number of H-pyrrole nitrogens is 1.